The molecule has 1 amide bonds. The van der Waals surface area contributed by atoms with Crippen molar-refractivity contribution in [3.63, 3.8) is 0 Å². The van der Waals surface area contributed by atoms with E-state index in [0.717, 1.165) is 29.5 Å². The topological polar surface area (TPSA) is 69.6 Å². The van der Waals surface area contributed by atoms with E-state index < -0.39 is 12.0 Å². The van der Waals surface area contributed by atoms with Crippen LogP contribution < -0.4 is 5.32 Å². The fourth-order valence-corrected chi connectivity index (χ4v) is 2.97. The highest BCUT2D eigenvalue weighted by atomic mass is 79.9. The molecule has 1 saturated heterocycles. The minimum Gasteiger partial charge on any atom is -0.480 e. The van der Waals surface area contributed by atoms with Crippen LogP contribution in [0, 0.1) is 0 Å². The Bertz CT molecular complexity index is 521. The van der Waals surface area contributed by atoms with E-state index in [-0.39, 0.29) is 5.91 Å². The van der Waals surface area contributed by atoms with Crippen molar-refractivity contribution in [2.45, 2.75) is 31.7 Å². The van der Waals surface area contributed by atoms with Crippen LogP contribution in [0.15, 0.2) is 28.7 Å². The van der Waals surface area contributed by atoms with Crippen molar-refractivity contribution in [2.24, 2.45) is 0 Å². The van der Waals surface area contributed by atoms with E-state index in [1.54, 1.807) is 0 Å². The van der Waals surface area contributed by atoms with E-state index in [4.69, 9.17) is 0 Å². The second kappa shape index (κ2) is 7.56. The first-order valence-corrected chi connectivity index (χ1v) is 7.88. The Balaban J connectivity index is 1.84. The van der Waals surface area contributed by atoms with Crippen molar-refractivity contribution in [3.8, 4) is 0 Å². The molecule has 0 aromatic heterocycles. The summed E-state index contributed by atoms with van der Waals surface area (Å²) in [5.41, 5.74) is 0.739. The molecule has 21 heavy (non-hydrogen) atoms. The minimum absolute atomic E-state index is 0.0946. The molecule has 0 bridgehead atoms. The van der Waals surface area contributed by atoms with Gasteiger partial charge in [0.05, 0.1) is 0 Å². The van der Waals surface area contributed by atoms with Gasteiger partial charge in [-0.25, -0.2) is 0 Å². The van der Waals surface area contributed by atoms with Crippen LogP contribution >= 0.6 is 15.9 Å². The number of nitrogens with one attached hydrogen (secondary N) is 1. The van der Waals surface area contributed by atoms with Gasteiger partial charge in [0.1, 0.15) is 6.04 Å². The van der Waals surface area contributed by atoms with Crippen molar-refractivity contribution in [3.05, 3.63) is 28.7 Å². The molecule has 2 N–H and O–H groups in total. The molecular weight excluding hydrogens is 336 g/mol. The number of nitrogens with zero attached hydrogens (tertiary/aromatic N) is 1. The number of piperidine rings is 1. The molecule has 1 aliphatic heterocycles. The summed E-state index contributed by atoms with van der Waals surface area (Å²) in [6.45, 7) is 1.23. The molecule has 0 spiro atoms. The maximum absolute atomic E-state index is 11.9. The molecule has 0 saturated carbocycles. The monoisotopic (exact) mass is 354 g/mol. The maximum atomic E-state index is 11.9. The summed E-state index contributed by atoms with van der Waals surface area (Å²) in [4.78, 5) is 25.0. The number of rotatable bonds is 5. The van der Waals surface area contributed by atoms with E-state index in [0.29, 0.717) is 19.4 Å². The lowest BCUT2D eigenvalue weighted by atomic mass is 10.0. The molecule has 1 aliphatic rings. The Morgan fingerprint density at radius 2 is 2.19 bits per heavy atom. The number of halogens is 1. The van der Waals surface area contributed by atoms with E-state index in [2.05, 4.69) is 21.2 Å². The zero-order valence-corrected chi connectivity index (χ0v) is 13.3. The normalized spacial score (nSPS) is 19.2. The van der Waals surface area contributed by atoms with Crippen LogP contribution in [-0.4, -0.2) is 41.0 Å². The fourth-order valence-electron chi connectivity index (χ4n) is 2.57. The zero-order chi connectivity index (χ0) is 15.2. The number of hydrogen-bond acceptors (Lipinski definition) is 3. The zero-order valence-electron chi connectivity index (χ0n) is 11.7. The van der Waals surface area contributed by atoms with Gasteiger partial charge in [-0.2, -0.15) is 0 Å². The number of amides is 1. The average molecular weight is 355 g/mol. The van der Waals surface area contributed by atoms with Gasteiger partial charge < -0.3 is 10.4 Å². The van der Waals surface area contributed by atoms with E-state index in [1.807, 2.05) is 29.2 Å². The lowest BCUT2D eigenvalue weighted by Crippen LogP contribution is -2.45. The molecule has 1 heterocycles. The third-order valence-corrected chi connectivity index (χ3v) is 4.13. The van der Waals surface area contributed by atoms with Crippen molar-refractivity contribution in [1.29, 1.82) is 0 Å². The van der Waals surface area contributed by atoms with Gasteiger partial charge in [-0.3, -0.25) is 14.5 Å². The maximum Gasteiger partial charge on any atom is 0.320 e. The third-order valence-electron chi connectivity index (χ3n) is 3.63. The highest BCUT2D eigenvalue weighted by Gasteiger charge is 2.28. The SMILES string of the molecule is O=C(CCN1CCCCC1C(=O)O)Nc1cccc(Br)c1. The highest BCUT2D eigenvalue weighted by Crippen LogP contribution is 2.18. The largest absolute Gasteiger partial charge is 0.480 e. The quantitative estimate of drug-likeness (QED) is 0.852. The number of carbonyl (C=O) groups is 2. The predicted octanol–water partition coefficient (Wildman–Crippen LogP) is 2.72. The van der Waals surface area contributed by atoms with Crippen LogP contribution in [0.2, 0.25) is 0 Å². The molecule has 1 fully saturated rings. The molecule has 0 aliphatic carbocycles. The fraction of sp³-hybridized carbons (Fsp3) is 0.467. The second-order valence-corrected chi connectivity index (χ2v) is 6.11. The van der Waals surface area contributed by atoms with Crippen LogP contribution in [0.3, 0.4) is 0 Å². The number of aliphatic carboxylic acids is 1. The van der Waals surface area contributed by atoms with E-state index in [9.17, 15) is 14.7 Å². The number of hydrogen-bond donors (Lipinski definition) is 2. The second-order valence-electron chi connectivity index (χ2n) is 5.19. The Morgan fingerprint density at radius 3 is 2.90 bits per heavy atom. The number of carboxylic acid groups (broad SMARTS) is 1. The molecular formula is C15H19BrN2O3. The summed E-state index contributed by atoms with van der Waals surface area (Å²) in [7, 11) is 0. The van der Waals surface area contributed by atoms with Crippen LogP contribution in [0.1, 0.15) is 25.7 Å². The van der Waals surface area contributed by atoms with Gasteiger partial charge in [0.25, 0.3) is 0 Å². The van der Waals surface area contributed by atoms with Gasteiger partial charge in [-0.05, 0) is 37.6 Å². The Morgan fingerprint density at radius 1 is 1.38 bits per heavy atom. The third kappa shape index (κ3) is 4.82. The molecule has 0 radical (unpaired) electrons. The summed E-state index contributed by atoms with van der Waals surface area (Å²) >= 11 is 3.35. The van der Waals surface area contributed by atoms with Gasteiger partial charge in [-0.15, -0.1) is 0 Å². The smallest absolute Gasteiger partial charge is 0.320 e. The number of benzene rings is 1. The summed E-state index contributed by atoms with van der Waals surface area (Å²) in [6, 6.07) is 6.95. The van der Waals surface area contributed by atoms with E-state index in [1.165, 1.54) is 0 Å². The Hall–Kier alpha value is -1.40. The minimum atomic E-state index is -0.790. The lowest BCUT2D eigenvalue weighted by molar-refractivity contribution is -0.144. The lowest BCUT2D eigenvalue weighted by Gasteiger charge is -2.32. The van der Waals surface area contributed by atoms with Crippen LogP contribution in [-0.2, 0) is 9.59 Å². The van der Waals surface area contributed by atoms with Gasteiger partial charge in [0, 0.05) is 23.1 Å². The highest BCUT2D eigenvalue weighted by molar-refractivity contribution is 9.10. The molecule has 1 atom stereocenters. The summed E-state index contributed by atoms with van der Waals surface area (Å²) in [5.74, 6) is -0.884. The first kappa shape index (κ1) is 16.0. The molecule has 1 aromatic rings. The number of likely N-dealkylation sites (tertiary alicyclic amines) is 1. The molecule has 1 unspecified atom stereocenters. The standard InChI is InChI=1S/C15H19BrN2O3/c16-11-4-3-5-12(10-11)17-14(19)7-9-18-8-2-1-6-13(18)15(20)21/h3-5,10,13H,1-2,6-9H2,(H,17,19)(H,20,21). The summed E-state index contributed by atoms with van der Waals surface area (Å²) < 4.78 is 0.905. The molecule has 2 rings (SSSR count). The van der Waals surface area contributed by atoms with Gasteiger partial charge >= 0.3 is 5.97 Å². The Kier molecular flexibility index (Phi) is 5.76. The summed E-state index contributed by atoms with van der Waals surface area (Å²) in [6.07, 6.45) is 2.91. The molecule has 114 valence electrons. The van der Waals surface area contributed by atoms with Crippen LogP contribution in [0.5, 0.6) is 0 Å². The molecule has 1 aromatic carbocycles. The van der Waals surface area contributed by atoms with Crippen molar-refractivity contribution < 1.29 is 14.7 Å². The predicted molar refractivity (Wildman–Crippen MR) is 84.2 cm³/mol. The Labute approximate surface area is 132 Å². The first-order valence-electron chi connectivity index (χ1n) is 7.08. The first-order chi connectivity index (χ1) is 10.1. The molecule has 5 nitrogen and oxygen atoms in total. The number of carboxylic acids is 1. The van der Waals surface area contributed by atoms with Crippen LogP contribution in [0.25, 0.3) is 0 Å². The summed E-state index contributed by atoms with van der Waals surface area (Å²) in [5, 5.41) is 12.0. The van der Waals surface area contributed by atoms with Gasteiger partial charge in [-0.1, -0.05) is 28.4 Å². The van der Waals surface area contributed by atoms with Crippen molar-refractivity contribution in [1.82, 2.24) is 4.90 Å². The van der Waals surface area contributed by atoms with Gasteiger partial charge in [0.15, 0.2) is 0 Å². The van der Waals surface area contributed by atoms with E-state index >= 15 is 0 Å². The average Bonchev–Trinajstić information content (AvgIpc) is 2.45. The van der Waals surface area contributed by atoms with Crippen molar-refractivity contribution in [2.75, 3.05) is 18.4 Å². The number of anilines is 1. The molecule has 6 heteroatoms. The number of carbonyl (C=O) groups excluding carboxylic acids is 1. The van der Waals surface area contributed by atoms with Crippen molar-refractivity contribution >= 4 is 33.5 Å². The van der Waals surface area contributed by atoms with Crippen LogP contribution in [0.4, 0.5) is 5.69 Å². The van der Waals surface area contributed by atoms with Gasteiger partial charge in [0.2, 0.25) is 5.91 Å².